The summed E-state index contributed by atoms with van der Waals surface area (Å²) in [6.07, 6.45) is 2.83. The maximum Gasteiger partial charge on any atom is 0.192 e. The van der Waals surface area contributed by atoms with Crippen LogP contribution >= 0.6 is 11.8 Å². The highest BCUT2D eigenvalue weighted by molar-refractivity contribution is 7.99. The van der Waals surface area contributed by atoms with Crippen LogP contribution in [-0.2, 0) is 6.42 Å². The fraction of sp³-hybridized carbons (Fsp3) is 0.231. The van der Waals surface area contributed by atoms with Gasteiger partial charge in [0.1, 0.15) is 5.75 Å². The second-order valence-corrected chi connectivity index (χ2v) is 4.75. The van der Waals surface area contributed by atoms with E-state index in [1.807, 2.05) is 25.3 Å². The Balaban J connectivity index is 2.19. The van der Waals surface area contributed by atoms with Gasteiger partial charge in [0.15, 0.2) is 5.16 Å². The third-order valence-electron chi connectivity index (χ3n) is 2.49. The van der Waals surface area contributed by atoms with E-state index in [1.54, 1.807) is 12.1 Å². The SMILES string of the molecule is CCc1cnc(Sc2ccc(O)cc2)nc1C. The lowest BCUT2D eigenvalue weighted by atomic mass is 10.2. The Morgan fingerprint density at radius 2 is 1.94 bits per heavy atom. The third kappa shape index (κ3) is 2.97. The van der Waals surface area contributed by atoms with Crippen LogP contribution in [0.4, 0.5) is 0 Å². The third-order valence-corrected chi connectivity index (χ3v) is 3.37. The van der Waals surface area contributed by atoms with E-state index in [9.17, 15) is 5.11 Å². The Morgan fingerprint density at radius 3 is 2.53 bits per heavy atom. The van der Waals surface area contributed by atoms with Crippen molar-refractivity contribution in [2.45, 2.75) is 30.3 Å². The largest absolute Gasteiger partial charge is 0.508 e. The van der Waals surface area contributed by atoms with Crippen molar-refractivity contribution in [3.63, 3.8) is 0 Å². The molecule has 1 N–H and O–H groups in total. The van der Waals surface area contributed by atoms with Gasteiger partial charge in [-0.25, -0.2) is 9.97 Å². The zero-order chi connectivity index (χ0) is 12.3. The molecule has 0 amide bonds. The number of hydrogen-bond acceptors (Lipinski definition) is 4. The first-order valence-electron chi connectivity index (χ1n) is 5.48. The minimum atomic E-state index is 0.271. The van der Waals surface area contributed by atoms with E-state index >= 15 is 0 Å². The van der Waals surface area contributed by atoms with E-state index in [0.29, 0.717) is 0 Å². The predicted molar refractivity (Wildman–Crippen MR) is 68.4 cm³/mol. The molecule has 0 saturated heterocycles. The molecule has 0 aliphatic carbocycles. The maximum atomic E-state index is 9.19. The fourth-order valence-corrected chi connectivity index (χ4v) is 2.26. The molecule has 4 heteroatoms. The lowest BCUT2D eigenvalue weighted by Crippen LogP contribution is -1.95. The van der Waals surface area contributed by atoms with E-state index in [0.717, 1.165) is 22.2 Å². The van der Waals surface area contributed by atoms with E-state index in [2.05, 4.69) is 16.9 Å². The molecule has 0 atom stereocenters. The second kappa shape index (κ2) is 5.19. The summed E-state index contributed by atoms with van der Waals surface area (Å²) in [4.78, 5) is 9.79. The van der Waals surface area contributed by atoms with Crippen LogP contribution in [0.3, 0.4) is 0 Å². The van der Waals surface area contributed by atoms with Crippen molar-refractivity contribution in [3.8, 4) is 5.75 Å². The van der Waals surface area contributed by atoms with E-state index < -0.39 is 0 Å². The van der Waals surface area contributed by atoms with Crippen molar-refractivity contribution in [3.05, 3.63) is 41.7 Å². The molecule has 0 bridgehead atoms. The zero-order valence-electron chi connectivity index (χ0n) is 9.84. The summed E-state index contributed by atoms with van der Waals surface area (Å²) >= 11 is 1.50. The molecule has 3 nitrogen and oxygen atoms in total. The number of rotatable bonds is 3. The monoisotopic (exact) mass is 246 g/mol. The highest BCUT2D eigenvalue weighted by Gasteiger charge is 2.04. The van der Waals surface area contributed by atoms with Gasteiger partial charge >= 0.3 is 0 Å². The molecule has 0 unspecified atom stereocenters. The van der Waals surface area contributed by atoms with Crippen LogP contribution in [0.25, 0.3) is 0 Å². The molecule has 0 aliphatic heterocycles. The highest BCUT2D eigenvalue weighted by atomic mass is 32.2. The Kier molecular flexibility index (Phi) is 3.64. The Labute approximate surface area is 105 Å². The molecule has 1 aromatic heterocycles. The van der Waals surface area contributed by atoms with E-state index in [-0.39, 0.29) is 5.75 Å². The molecule has 17 heavy (non-hydrogen) atoms. The normalized spacial score (nSPS) is 10.5. The summed E-state index contributed by atoms with van der Waals surface area (Å²) in [7, 11) is 0. The minimum Gasteiger partial charge on any atom is -0.508 e. The molecule has 0 spiro atoms. The summed E-state index contributed by atoms with van der Waals surface area (Å²) in [5, 5.41) is 9.94. The van der Waals surface area contributed by atoms with Gasteiger partial charge in [0, 0.05) is 16.8 Å². The van der Waals surface area contributed by atoms with Gasteiger partial charge in [-0.3, -0.25) is 0 Å². The molecule has 1 aromatic carbocycles. The van der Waals surface area contributed by atoms with Gasteiger partial charge in [-0.15, -0.1) is 0 Å². The van der Waals surface area contributed by atoms with Crippen LogP contribution in [-0.4, -0.2) is 15.1 Å². The van der Waals surface area contributed by atoms with Crippen LogP contribution in [0, 0.1) is 6.92 Å². The van der Waals surface area contributed by atoms with Crippen molar-refractivity contribution in [1.82, 2.24) is 9.97 Å². The summed E-state index contributed by atoms with van der Waals surface area (Å²) in [5.74, 6) is 0.271. The average molecular weight is 246 g/mol. The molecule has 2 aromatic rings. The number of benzene rings is 1. The minimum absolute atomic E-state index is 0.271. The molecule has 0 saturated carbocycles. The number of hydrogen-bond donors (Lipinski definition) is 1. The molecule has 1 heterocycles. The Hall–Kier alpha value is -1.55. The number of phenolic OH excluding ortho intramolecular Hbond substituents is 1. The Bertz CT molecular complexity index is 511. The summed E-state index contributed by atoms with van der Waals surface area (Å²) in [5.41, 5.74) is 2.21. The number of aromatic nitrogens is 2. The quantitative estimate of drug-likeness (QED) is 0.845. The van der Waals surface area contributed by atoms with E-state index in [1.165, 1.54) is 17.3 Å². The molecule has 0 fully saturated rings. The standard InChI is InChI=1S/C13H14N2OS/c1-3-10-8-14-13(15-9(10)2)17-12-6-4-11(16)5-7-12/h4-8,16H,3H2,1-2H3. The summed E-state index contributed by atoms with van der Waals surface area (Å²) in [6, 6.07) is 7.03. The van der Waals surface area contributed by atoms with Crippen molar-refractivity contribution in [2.75, 3.05) is 0 Å². The van der Waals surface area contributed by atoms with Gasteiger partial charge in [-0.05, 0) is 54.9 Å². The molecule has 2 rings (SSSR count). The zero-order valence-corrected chi connectivity index (χ0v) is 10.7. The van der Waals surface area contributed by atoms with Gasteiger partial charge in [0.25, 0.3) is 0 Å². The lowest BCUT2D eigenvalue weighted by molar-refractivity contribution is 0.475. The van der Waals surface area contributed by atoms with Crippen LogP contribution in [0.15, 0.2) is 40.5 Å². The summed E-state index contributed by atoms with van der Waals surface area (Å²) < 4.78 is 0. The van der Waals surface area contributed by atoms with Gasteiger partial charge in [0.2, 0.25) is 0 Å². The summed E-state index contributed by atoms with van der Waals surface area (Å²) in [6.45, 7) is 4.10. The topological polar surface area (TPSA) is 46.0 Å². The average Bonchev–Trinajstić information content (AvgIpc) is 2.32. The number of aromatic hydroxyl groups is 1. The van der Waals surface area contributed by atoms with Crippen molar-refractivity contribution < 1.29 is 5.11 Å². The first kappa shape index (κ1) is 11.9. The molecule has 0 aliphatic rings. The predicted octanol–water partition coefficient (Wildman–Crippen LogP) is 3.20. The highest BCUT2D eigenvalue weighted by Crippen LogP contribution is 2.26. The van der Waals surface area contributed by atoms with Crippen molar-refractivity contribution in [1.29, 1.82) is 0 Å². The number of aryl methyl sites for hydroxylation is 2. The first-order chi connectivity index (χ1) is 8.19. The van der Waals surface area contributed by atoms with Crippen LogP contribution < -0.4 is 0 Å². The fourth-order valence-electron chi connectivity index (χ4n) is 1.49. The van der Waals surface area contributed by atoms with Gasteiger partial charge < -0.3 is 5.11 Å². The second-order valence-electron chi connectivity index (χ2n) is 3.71. The van der Waals surface area contributed by atoms with Gasteiger partial charge in [-0.2, -0.15) is 0 Å². The molecule has 88 valence electrons. The molecular formula is C13H14N2OS. The van der Waals surface area contributed by atoms with Crippen LogP contribution in [0.1, 0.15) is 18.2 Å². The lowest BCUT2D eigenvalue weighted by Gasteiger charge is -2.04. The first-order valence-corrected chi connectivity index (χ1v) is 6.30. The number of phenols is 1. The van der Waals surface area contributed by atoms with Crippen LogP contribution in [0.5, 0.6) is 5.75 Å². The van der Waals surface area contributed by atoms with Gasteiger partial charge in [-0.1, -0.05) is 6.92 Å². The van der Waals surface area contributed by atoms with Gasteiger partial charge in [0.05, 0.1) is 0 Å². The van der Waals surface area contributed by atoms with Crippen molar-refractivity contribution in [2.24, 2.45) is 0 Å². The van der Waals surface area contributed by atoms with E-state index in [4.69, 9.17) is 0 Å². The molecule has 0 radical (unpaired) electrons. The molecular weight excluding hydrogens is 232 g/mol. The number of nitrogens with zero attached hydrogens (tertiary/aromatic N) is 2. The van der Waals surface area contributed by atoms with Crippen molar-refractivity contribution >= 4 is 11.8 Å². The maximum absolute atomic E-state index is 9.19. The Morgan fingerprint density at radius 1 is 1.24 bits per heavy atom. The van der Waals surface area contributed by atoms with Crippen LogP contribution in [0.2, 0.25) is 0 Å². The smallest absolute Gasteiger partial charge is 0.192 e.